The summed E-state index contributed by atoms with van der Waals surface area (Å²) < 4.78 is 0. The van der Waals surface area contributed by atoms with E-state index >= 15 is 0 Å². The fourth-order valence-electron chi connectivity index (χ4n) is 2.89. The average Bonchev–Trinajstić information content (AvgIpc) is 2.94. The van der Waals surface area contributed by atoms with Crippen LogP contribution < -0.4 is 10.2 Å². The summed E-state index contributed by atoms with van der Waals surface area (Å²) >= 11 is 1.78. The summed E-state index contributed by atoms with van der Waals surface area (Å²) in [5.41, 5.74) is 5.56. The molecule has 1 aromatic carbocycles. The van der Waals surface area contributed by atoms with Crippen molar-refractivity contribution in [2.45, 2.75) is 39.3 Å². The lowest BCUT2D eigenvalue weighted by molar-refractivity contribution is 0.578. The quantitative estimate of drug-likeness (QED) is 0.884. The third-order valence-corrected chi connectivity index (χ3v) is 5.17. The SMILES string of the molecule is Cc1cscc1CNCc1ccc(N2CCCCC2)cc1. The Morgan fingerprint density at radius 3 is 2.43 bits per heavy atom. The van der Waals surface area contributed by atoms with Crippen molar-refractivity contribution in [3.8, 4) is 0 Å². The summed E-state index contributed by atoms with van der Waals surface area (Å²) in [6.45, 7) is 6.52. The topological polar surface area (TPSA) is 15.3 Å². The number of thiophene rings is 1. The van der Waals surface area contributed by atoms with Crippen LogP contribution in [0.5, 0.6) is 0 Å². The van der Waals surface area contributed by atoms with Crippen LogP contribution in [0.3, 0.4) is 0 Å². The molecule has 0 bridgehead atoms. The Labute approximate surface area is 131 Å². The molecule has 1 fully saturated rings. The van der Waals surface area contributed by atoms with E-state index in [1.807, 2.05) is 0 Å². The van der Waals surface area contributed by atoms with Gasteiger partial charge < -0.3 is 10.2 Å². The molecule has 1 aliphatic heterocycles. The summed E-state index contributed by atoms with van der Waals surface area (Å²) in [6.07, 6.45) is 4.06. The van der Waals surface area contributed by atoms with Crippen molar-refractivity contribution in [2.24, 2.45) is 0 Å². The Bertz CT molecular complexity index is 553. The van der Waals surface area contributed by atoms with Crippen molar-refractivity contribution in [1.29, 1.82) is 0 Å². The van der Waals surface area contributed by atoms with E-state index in [9.17, 15) is 0 Å². The van der Waals surface area contributed by atoms with Crippen LogP contribution in [-0.4, -0.2) is 13.1 Å². The largest absolute Gasteiger partial charge is 0.372 e. The van der Waals surface area contributed by atoms with Crippen LogP contribution in [0.4, 0.5) is 5.69 Å². The molecule has 112 valence electrons. The lowest BCUT2D eigenvalue weighted by Crippen LogP contribution is -2.29. The first-order valence-electron chi connectivity index (χ1n) is 7.89. The highest BCUT2D eigenvalue weighted by Crippen LogP contribution is 2.20. The van der Waals surface area contributed by atoms with E-state index in [4.69, 9.17) is 0 Å². The number of nitrogens with one attached hydrogen (secondary N) is 1. The Hall–Kier alpha value is -1.32. The first-order valence-corrected chi connectivity index (χ1v) is 8.83. The second-order valence-electron chi connectivity index (χ2n) is 5.90. The average molecular weight is 300 g/mol. The highest BCUT2D eigenvalue weighted by molar-refractivity contribution is 7.08. The van der Waals surface area contributed by atoms with Gasteiger partial charge in [-0.05, 0) is 65.8 Å². The number of benzene rings is 1. The molecule has 3 rings (SSSR count). The molecule has 0 radical (unpaired) electrons. The summed E-state index contributed by atoms with van der Waals surface area (Å²) in [7, 11) is 0. The van der Waals surface area contributed by atoms with Crippen LogP contribution in [0, 0.1) is 6.92 Å². The van der Waals surface area contributed by atoms with E-state index in [1.54, 1.807) is 11.3 Å². The van der Waals surface area contributed by atoms with E-state index in [0.717, 1.165) is 13.1 Å². The van der Waals surface area contributed by atoms with Gasteiger partial charge in [0.15, 0.2) is 0 Å². The van der Waals surface area contributed by atoms with Crippen LogP contribution in [0.2, 0.25) is 0 Å². The summed E-state index contributed by atoms with van der Waals surface area (Å²) in [5.74, 6) is 0. The standard InChI is InChI=1S/C18H24N2S/c1-15-13-21-14-17(15)12-19-11-16-5-7-18(8-6-16)20-9-3-2-4-10-20/h5-8,13-14,19H,2-4,9-12H2,1H3. The van der Waals surface area contributed by atoms with E-state index in [-0.39, 0.29) is 0 Å². The van der Waals surface area contributed by atoms with Gasteiger partial charge in [0.2, 0.25) is 0 Å². The first kappa shape index (κ1) is 14.6. The van der Waals surface area contributed by atoms with E-state index in [0.29, 0.717) is 0 Å². The van der Waals surface area contributed by atoms with Crippen molar-refractivity contribution < 1.29 is 0 Å². The normalized spacial score (nSPS) is 15.4. The van der Waals surface area contributed by atoms with E-state index < -0.39 is 0 Å². The third kappa shape index (κ3) is 3.86. The monoisotopic (exact) mass is 300 g/mol. The Morgan fingerprint density at radius 1 is 1.00 bits per heavy atom. The molecule has 0 amide bonds. The molecule has 1 N–H and O–H groups in total. The molecule has 0 unspecified atom stereocenters. The van der Waals surface area contributed by atoms with Gasteiger partial charge in [-0.25, -0.2) is 0 Å². The lowest BCUT2D eigenvalue weighted by atomic mass is 10.1. The number of nitrogens with zero attached hydrogens (tertiary/aromatic N) is 1. The van der Waals surface area contributed by atoms with Gasteiger partial charge in [-0.2, -0.15) is 11.3 Å². The molecule has 0 atom stereocenters. The first-order chi connectivity index (χ1) is 10.3. The molecule has 2 heterocycles. The van der Waals surface area contributed by atoms with E-state index in [1.165, 1.54) is 54.7 Å². The van der Waals surface area contributed by atoms with Gasteiger partial charge in [0.1, 0.15) is 0 Å². The van der Waals surface area contributed by atoms with E-state index in [2.05, 4.69) is 52.2 Å². The smallest absolute Gasteiger partial charge is 0.0366 e. The molecule has 0 saturated carbocycles. The molecule has 1 aliphatic rings. The Balaban J connectivity index is 1.51. The molecule has 3 heteroatoms. The van der Waals surface area contributed by atoms with Crippen molar-refractivity contribution >= 4 is 17.0 Å². The van der Waals surface area contributed by atoms with Gasteiger partial charge in [0.05, 0.1) is 0 Å². The number of hydrogen-bond acceptors (Lipinski definition) is 3. The van der Waals surface area contributed by atoms with Gasteiger partial charge in [-0.3, -0.25) is 0 Å². The maximum Gasteiger partial charge on any atom is 0.0366 e. The van der Waals surface area contributed by atoms with Gasteiger partial charge in [0, 0.05) is 31.9 Å². The zero-order valence-electron chi connectivity index (χ0n) is 12.8. The molecule has 21 heavy (non-hydrogen) atoms. The van der Waals surface area contributed by atoms with Crippen LogP contribution in [0.15, 0.2) is 35.0 Å². The maximum absolute atomic E-state index is 3.54. The van der Waals surface area contributed by atoms with Gasteiger partial charge >= 0.3 is 0 Å². The second kappa shape index (κ2) is 7.10. The fourth-order valence-corrected chi connectivity index (χ4v) is 3.74. The van der Waals surface area contributed by atoms with Crippen LogP contribution >= 0.6 is 11.3 Å². The molecular formula is C18H24N2S. The minimum Gasteiger partial charge on any atom is -0.372 e. The van der Waals surface area contributed by atoms with Crippen molar-refractivity contribution in [3.63, 3.8) is 0 Å². The number of anilines is 1. The second-order valence-corrected chi connectivity index (χ2v) is 6.64. The molecule has 0 aliphatic carbocycles. The highest BCUT2D eigenvalue weighted by Gasteiger charge is 2.10. The number of aryl methyl sites for hydroxylation is 1. The molecule has 1 aromatic heterocycles. The summed E-state index contributed by atoms with van der Waals surface area (Å²) in [6, 6.07) is 9.07. The predicted octanol–water partition coefficient (Wildman–Crippen LogP) is 4.34. The third-order valence-electron chi connectivity index (χ3n) is 4.26. The highest BCUT2D eigenvalue weighted by atomic mass is 32.1. The minimum absolute atomic E-state index is 0.940. The molecular weight excluding hydrogens is 276 g/mol. The molecule has 2 nitrogen and oxygen atoms in total. The Morgan fingerprint density at radius 2 is 1.76 bits per heavy atom. The lowest BCUT2D eigenvalue weighted by Gasteiger charge is -2.28. The van der Waals surface area contributed by atoms with Gasteiger partial charge in [-0.1, -0.05) is 12.1 Å². The fraction of sp³-hybridized carbons (Fsp3) is 0.444. The minimum atomic E-state index is 0.940. The summed E-state index contributed by atoms with van der Waals surface area (Å²) in [5, 5.41) is 7.99. The van der Waals surface area contributed by atoms with Crippen LogP contribution in [0.25, 0.3) is 0 Å². The number of piperidine rings is 1. The van der Waals surface area contributed by atoms with Crippen molar-refractivity contribution in [2.75, 3.05) is 18.0 Å². The Kier molecular flexibility index (Phi) is 4.94. The van der Waals surface area contributed by atoms with Gasteiger partial charge in [0.25, 0.3) is 0 Å². The van der Waals surface area contributed by atoms with Crippen molar-refractivity contribution in [1.82, 2.24) is 5.32 Å². The maximum atomic E-state index is 3.54. The molecule has 1 saturated heterocycles. The zero-order valence-corrected chi connectivity index (χ0v) is 13.6. The van der Waals surface area contributed by atoms with Crippen molar-refractivity contribution in [3.05, 3.63) is 51.7 Å². The zero-order chi connectivity index (χ0) is 14.5. The number of hydrogen-bond donors (Lipinski definition) is 1. The predicted molar refractivity (Wildman–Crippen MR) is 92.1 cm³/mol. The summed E-state index contributed by atoms with van der Waals surface area (Å²) in [4.78, 5) is 2.51. The molecule has 0 spiro atoms. The van der Waals surface area contributed by atoms with Crippen LogP contribution in [-0.2, 0) is 13.1 Å². The van der Waals surface area contributed by atoms with Crippen LogP contribution in [0.1, 0.15) is 36.0 Å². The number of rotatable bonds is 5. The molecule has 2 aromatic rings. The van der Waals surface area contributed by atoms with Gasteiger partial charge in [-0.15, -0.1) is 0 Å².